The number of thioether (sulfide) groups is 1. The second kappa shape index (κ2) is 7.59. The number of amides is 1. The Bertz CT molecular complexity index is 993. The van der Waals surface area contributed by atoms with E-state index >= 15 is 0 Å². The number of ether oxygens (including phenoxy) is 3. The number of aliphatic imine (C=N–C) groups is 1. The van der Waals surface area contributed by atoms with Crippen LogP contribution in [0, 0.1) is 13.8 Å². The van der Waals surface area contributed by atoms with E-state index in [4.69, 9.17) is 14.2 Å². The molecular weight excluding hydrogens is 376 g/mol. The fourth-order valence-electron chi connectivity index (χ4n) is 3.09. The van der Waals surface area contributed by atoms with Gasteiger partial charge in [-0.1, -0.05) is 6.07 Å². The number of fused-ring (bicyclic) bond motifs is 1. The molecule has 7 heteroatoms. The van der Waals surface area contributed by atoms with Crippen molar-refractivity contribution in [2.24, 2.45) is 4.99 Å². The summed E-state index contributed by atoms with van der Waals surface area (Å²) in [6, 6.07) is 9.68. The van der Waals surface area contributed by atoms with Gasteiger partial charge in [0, 0.05) is 11.6 Å². The minimum Gasteiger partial charge on any atom is -0.493 e. The smallest absolute Gasteiger partial charge is 0.264 e. The van der Waals surface area contributed by atoms with Gasteiger partial charge < -0.3 is 19.5 Å². The summed E-state index contributed by atoms with van der Waals surface area (Å²) in [5.41, 5.74) is 3.84. The predicted molar refractivity (Wildman–Crippen MR) is 110 cm³/mol. The summed E-state index contributed by atoms with van der Waals surface area (Å²) in [6.07, 6.45) is 1.79. The number of hydrogen-bond donors (Lipinski definition) is 1. The first-order chi connectivity index (χ1) is 13.5. The van der Waals surface area contributed by atoms with Crippen molar-refractivity contribution in [1.82, 2.24) is 5.32 Å². The maximum Gasteiger partial charge on any atom is 0.264 e. The van der Waals surface area contributed by atoms with Crippen LogP contribution in [0.3, 0.4) is 0 Å². The minimum absolute atomic E-state index is 0.183. The van der Waals surface area contributed by atoms with Gasteiger partial charge in [-0.3, -0.25) is 4.79 Å². The molecule has 1 amide bonds. The molecule has 1 saturated heterocycles. The monoisotopic (exact) mass is 396 g/mol. The lowest BCUT2D eigenvalue weighted by Crippen LogP contribution is -2.19. The van der Waals surface area contributed by atoms with Gasteiger partial charge in [0.1, 0.15) is 5.75 Å². The largest absolute Gasteiger partial charge is 0.493 e. The predicted octanol–water partition coefficient (Wildman–Crippen LogP) is 4.32. The topological polar surface area (TPSA) is 69.2 Å². The van der Waals surface area contributed by atoms with Gasteiger partial charge in [0.05, 0.1) is 17.2 Å². The first-order valence-corrected chi connectivity index (χ1v) is 9.78. The van der Waals surface area contributed by atoms with E-state index < -0.39 is 0 Å². The minimum atomic E-state index is -0.187. The summed E-state index contributed by atoms with van der Waals surface area (Å²) >= 11 is 1.30. The van der Waals surface area contributed by atoms with E-state index in [9.17, 15) is 4.79 Å². The molecule has 1 fully saturated rings. The zero-order chi connectivity index (χ0) is 19.7. The number of amidine groups is 1. The van der Waals surface area contributed by atoms with Crippen molar-refractivity contribution in [3.05, 3.63) is 51.9 Å². The molecule has 28 heavy (non-hydrogen) atoms. The van der Waals surface area contributed by atoms with Gasteiger partial charge in [0.25, 0.3) is 5.91 Å². The van der Waals surface area contributed by atoms with Crippen LogP contribution in [0.4, 0.5) is 5.69 Å². The van der Waals surface area contributed by atoms with Gasteiger partial charge in [0.2, 0.25) is 6.79 Å². The SMILES string of the molecule is CCOc1cc2c(cc1/C=C1/SC(=Nc3cc(C)cc(C)c3)NC1=O)OCO2. The number of carbonyl (C=O) groups excluding carboxylic acids is 1. The lowest BCUT2D eigenvalue weighted by Gasteiger charge is -2.09. The summed E-state index contributed by atoms with van der Waals surface area (Å²) in [4.78, 5) is 17.6. The number of nitrogens with zero attached hydrogens (tertiary/aromatic N) is 1. The number of carbonyl (C=O) groups is 1. The zero-order valence-corrected chi connectivity index (χ0v) is 16.7. The average molecular weight is 396 g/mol. The van der Waals surface area contributed by atoms with E-state index in [2.05, 4.69) is 16.4 Å². The van der Waals surface area contributed by atoms with Crippen LogP contribution in [0.25, 0.3) is 6.08 Å². The quantitative estimate of drug-likeness (QED) is 0.780. The molecule has 1 N–H and O–H groups in total. The first kappa shape index (κ1) is 18.4. The molecule has 2 aliphatic rings. The van der Waals surface area contributed by atoms with E-state index in [-0.39, 0.29) is 12.7 Å². The fourth-order valence-corrected chi connectivity index (χ4v) is 3.92. The summed E-state index contributed by atoms with van der Waals surface area (Å²) in [6.45, 7) is 6.65. The molecule has 2 aromatic rings. The lowest BCUT2D eigenvalue weighted by molar-refractivity contribution is -0.115. The molecule has 4 rings (SSSR count). The average Bonchev–Trinajstić information content (AvgIpc) is 3.20. The summed E-state index contributed by atoms with van der Waals surface area (Å²) in [5, 5.41) is 3.38. The number of nitrogens with one attached hydrogen (secondary N) is 1. The van der Waals surface area contributed by atoms with Crippen molar-refractivity contribution >= 4 is 34.6 Å². The van der Waals surface area contributed by atoms with Crippen LogP contribution >= 0.6 is 11.8 Å². The Balaban J connectivity index is 1.64. The molecule has 2 heterocycles. The third-order valence-electron chi connectivity index (χ3n) is 4.18. The van der Waals surface area contributed by atoms with Gasteiger partial charge in [-0.05, 0) is 67.9 Å². The van der Waals surface area contributed by atoms with Gasteiger partial charge in [-0.2, -0.15) is 0 Å². The van der Waals surface area contributed by atoms with E-state index in [1.165, 1.54) is 11.8 Å². The van der Waals surface area contributed by atoms with Crippen LogP contribution in [-0.2, 0) is 4.79 Å². The van der Waals surface area contributed by atoms with Crippen molar-refractivity contribution in [2.45, 2.75) is 20.8 Å². The summed E-state index contributed by atoms with van der Waals surface area (Å²) < 4.78 is 16.6. The standard InChI is InChI=1S/C21H20N2O4S/c1-4-25-16-10-18-17(26-11-27-18)8-14(16)9-19-20(24)23-21(28-19)22-15-6-12(2)5-13(3)7-15/h5-10H,4,11H2,1-3H3,(H,22,23,24)/b19-9+. The number of benzene rings is 2. The molecule has 0 aliphatic carbocycles. The van der Waals surface area contributed by atoms with Gasteiger partial charge >= 0.3 is 0 Å². The second-order valence-electron chi connectivity index (χ2n) is 6.50. The molecule has 6 nitrogen and oxygen atoms in total. The number of hydrogen-bond acceptors (Lipinski definition) is 6. The maximum atomic E-state index is 12.4. The van der Waals surface area contributed by atoms with Gasteiger partial charge in [0.15, 0.2) is 16.7 Å². The summed E-state index contributed by atoms with van der Waals surface area (Å²) in [5.74, 6) is 1.75. The Morgan fingerprint density at radius 2 is 1.86 bits per heavy atom. The fraction of sp³-hybridized carbons (Fsp3) is 0.238. The number of rotatable bonds is 4. The Hall–Kier alpha value is -2.93. The van der Waals surface area contributed by atoms with Gasteiger partial charge in [-0.15, -0.1) is 0 Å². The molecular formula is C21H20N2O4S. The highest BCUT2D eigenvalue weighted by atomic mass is 32.2. The van der Waals surface area contributed by atoms with E-state index in [1.807, 2.05) is 39.0 Å². The molecule has 2 aromatic carbocycles. The molecule has 0 unspecified atom stereocenters. The molecule has 0 radical (unpaired) electrons. The molecule has 0 aromatic heterocycles. The zero-order valence-electron chi connectivity index (χ0n) is 15.9. The molecule has 144 valence electrons. The van der Waals surface area contributed by atoms with E-state index in [0.717, 1.165) is 22.4 Å². The van der Waals surface area contributed by atoms with Crippen LogP contribution in [0.2, 0.25) is 0 Å². The van der Waals surface area contributed by atoms with Gasteiger partial charge in [-0.25, -0.2) is 4.99 Å². The van der Waals surface area contributed by atoms with Crippen molar-refractivity contribution < 1.29 is 19.0 Å². The van der Waals surface area contributed by atoms with E-state index in [0.29, 0.717) is 33.9 Å². The second-order valence-corrected chi connectivity index (χ2v) is 7.53. The van der Waals surface area contributed by atoms with Crippen LogP contribution in [-0.4, -0.2) is 24.5 Å². The van der Waals surface area contributed by atoms with Crippen molar-refractivity contribution in [3.8, 4) is 17.2 Å². The van der Waals surface area contributed by atoms with Crippen LogP contribution in [0.15, 0.2) is 40.2 Å². The Labute approximate surface area is 167 Å². The molecule has 0 spiro atoms. The third-order valence-corrected chi connectivity index (χ3v) is 5.09. The number of aryl methyl sites for hydroxylation is 2. The Morgan fingerprint density at radius 1 is 1.14 bits per heavy atom. The first-order valence-electron chi connectivity index (χ1n) is 8.96. The lowest BCUT2D eigenvalue weighted by atomic mass is 10.1. The maximum absolute atomic E-state index is 12.4. The van der Waals surface area contributed by atoms with Crippen LogP contribution < -0.4 is 19.5 Å². The molecule has 0 atom stereocenters. The third kappa shape index (κ3) is 3.84. The highest BCUT2D eigenvalue weighted by Crippen LogP contribution is 2.40. The summed E-state index contributed by atoms with van der Waals surface area (Å²) in [7, 11) is 0. The van der Waals surface area contributed by atoms with Crippen molar-refractivity contribution in [1.29, 1.82) is 0 Å². The molecule has 0 bridgehead atoms. The van der Waals surface area contributed by atoms with Crippen LogP contribution in [0.5, 0.6) is 17.2 Å². The van der Waals surface area contributed by atoms with Crippen molar-refractivity contribution in [2.75, 3.05) is 13.4 Å². The molecule has 2 aliphatic heterocycles. The van der Waals surface area contributed by atoms with Crippen molar-refractivity contribution in [3.63, 3.8) is 0 Å². The van der Waals surface area contributed by atoms with Crippen LogP contribution in [0.1, 0.15) is 23.6 Å². The Kier molecular flexibility index (Phi) is 5.00. The normalized spacial score (nSPS) is 18.0. The Morgan fingerprint density at radius 3 is 2.57 bits per heavy atom. The highest BCUT2D eigenvalue weighted by molar-refractivity contribution is 8.18. The molecule has 0 saturated carbocycles. The highest BCUT2D eigenvalue weighted by Gasteiger charge is 2.25. The van der Waals surface area contributed by atoms with E-state index in [1.54, 1.807) is 12.1 Å².